The molecule has 9 heteroatoms. The van der Waals surface area contributed by atoms with Gasteiger partial charge in [0.05, 0.1) is 11.6 Å². The molecule has 7 nitrogen and oxygen atoms in total. The van der Waals surface area contributed by atoms with E-state index in [0.29, 0.717) is 35.4 Å². The summed E-state index contributed by atoms with van der Waals surface area (Å²) in [5, 5.41) is 5.24. The molecule has 1 aromatic carbocycles. The first-order valence-electron chi connectivity index (χ1n) is 10.0. The van der Waals surface area contributed by atoms with Crippen LogP contribution in [0.25, 0.3) is 0 Å². The molecule has 1 atom stereocenters. The molecule has 1 aliphatic heterocycles. The topological polar surface area (TPSA) is 90.5 Å². The highest BCUT2D eigenvalue weighted by atomic mass is 35.5. The molecule has 1 aromatic heterocycles. The van der Waals surface area contributed by atoms with Crippen molar-refractivity contribution in [3.63, 3.8) is 0 Å². The van der Waals surface area contributed by atoms with Gasteiger partial charge in [0.1, 0.15) is 5.75 Å². The predicted octanol–water partition coefficient (Wildman–Crippen LogP) is 3.78. The van der Waals surface area contributed by atoms with Crippen LogP contribution in [0.5, 0.6) is 5.75 Å². The quantitative estimate of drug-likeness (QED) is 0.659. The van der Waals surface area contributed by atoms with E-state index >= 15 is 0 Å². The molecule has 2 N–H and O–H groups in total. The number of carbonyl (C=O) groups excluding carboxylic acids is 2. The van der Waals surface area contributed by atoms with Crippen molar-refractivity contribution in [1.82, 2.24) is 14.7 Å². The number of benzene rings is 1. The molecule has 0 spiro atoms. The maximum absolute atomic E-state index is 13.1. The Morgan fingerprint density at radius 2 is 2.13 bits per heavy atom. The molecule has 1 saturated heterocycles. The van der Waals surface area contributed by atoms with E-state index in [0.717, 1.165) is 19.3 Å². The summed E-state index contributed by atoms with van der Waals surface area (Å²) in [6.07, 6.45) is 4.12. The van der Waals surface area contributed by atoms with E-state index in [-0.39, 0.29) is 24.6 Å². The smallest absolute Gasteiger partial charge is 0.275 e. The zero-order valence-corrected chi connectivity index (χ0v) is 18.5. The van der Waals surface area contributed by atoms with E-state index in [4.69, 9.17) is 33.7 Å². The van der Waals surface area contributed by atoms with Gasteiger partial charge in [0.25, 0.3) is 5.91 Å². The van der Waals surface area contributed by atoms with Crippen LogP contribution in [0.15, 0.2) is 30.5 Å². The van der Waals surface area contributed by atoms with Gasteiger partial charge in [-0.2, -0.15) is 5.10 Å². The Morgan fingerprint density at radius 3 is 2.83 bits per heavy atom. The summed E-state index contributed by atoms with van der Waals surface area (Å²) in [6, 6.07) is 7.07. The molecule has 0 saturated carbocycles. The number of aryl methyl sites for hydroxylation is 1. The number of aromatic nitrogens is 2. The second-order valence-electron chi connectivity index (χ2n) is 7.81. The first-order chi connectivity index (χ1) is 14.3. The Hall–Kier alpha value is -2.25. The molecule has 0 aliphatic carbocycles. The lowest BCUT2D eigenvalue weighted by Crippen LogP contribution is -2.50. The van der Waals surface area contributed by atoms with Crippen molar-refractivity contribution >= 4 is 35.0 Å². The average molecular weight is 453 g/mol. The SMILES string of the molecule is CCCn1cc(Cl)c(C(=O)N2CCCC(COc3cccc(Cl)c3)(CC(N)=O)C2)n1. The fourth-order valence-electron chi connectivity index (χ4n) is 3.89. The molecule has 2 heterocycles. The van der Waals surface area contributed by atoms with Crippen molar-refractivity contribution in [2.24, 2.45) is 11.1 Å². The minimum Gasteiger partial charge on any atom is -0.493 e. The fourth-order valence-corrected chi connectivity index (χ4v) is 4.30. The van der Waals surface area contributed by atoms with E-state index in [1.54, 1.807) is 40.0 Å². The number of halogens is 2. The van der Waals surface area contributed by atoms with Gasteiger partial charge in [0.15, 0.2) is 5.69 Å². The Bertz CT molecular complexity index is 917. The molecule has 3 rings (SSSR count). The molecule has 0 bridgehead atoms. The van der Waals surface area contributed by atoms with Crippen molar-refractivity contribution in [3.8, 4) is 5.75 Å². The number of carbonyl (C=O) groups is 2. The van der Waals surface area contributed by atoms with Gasteiger partial charge in [0.2, 0.25) is 5.91 Å². The number of piperidine rings is 1. The minimum absolute atomic E-state index is 0.120. The lowest BCUT2D eigenvalue weighted by molar-refractivity contribution is -0.122. The first-order valence-corrected chi connectivity index (χ1v) is 10.8. The minimum atomic E-state index is -0.583. The van der Waals surface area contributed by atoms with Gasteiger partial charge in [-0.25, -0.2) is 0 Å². The normalized spacial score (nSPS) is 19.0. The van der Waals surface area contributed by atoms with Crippen LogP contribution in [-0.4, -0.2) is 46.2 Å². The van der Waals surface area contributed by atoms with Crippen LogP contribution in [0.2, 0.25) is 10.0 Å². The maximum atomic E-state index is 13.1. The lowest BCUT2D eigenvalue weighted by atomic mass is 9.77. The lowest BCUT2D eigenvalue weighted by Gasteiger charge is -2.41. The van der Waals surface area contributed by atoms with Crippen LogP contribution in [0.3, 0.4) is 0 Å². The zero-order valence-electron chi connectivity index (χ0n) is 16.9. The molecule has 0 radical (unpaired) electrons. The Labute approximate surface area is 186 Å². The number of likely N-dealkylation sites (tertiary alicyclic amines) is 1. The number of ether oxygens (including phenoxy) is 1. The largest absolute Gasteiger partial charge is 0.493 e. The summed E-state index contributed by atoms with van der Waals surface area (Å²) in [7, 11) is 0. The van der Waals surface area contributed by atoms with Gasteiger partial charge in [-0.1, -0.05) is 36.2 Å². The van der Waals surface area contributed by atoms with E-state index in [1.807, 2.05) is 6.92 Å². The van der Waals surface area contributed by atoms with E-state index in [1.165, 1.54) is 0 Å². The molecule has 1 unspecified atom stereocenters. The van der Waals surface area contributed by atoms with Gasteiger partial charge >= 0.3 is 0 Å². The van der Waals surface area contributed by atoms with Crippen LogP contribution >= 0.6 is 23.2 Å². The predicted molar refractivity (Wildman–Crippen MR) is 116 cm³/mol. The summed E-state index contributed by atoms with van der Waals surface area (Å²) in [4.78, 5) is 26.6. The second kappa shape index (κ2) is 9.71. The fraction of sp³-hybridized carbons (Fsp3) is 0.476. The molecule has 2 aromatic rings. The summed E-state index contributed by atoms with van der Waals surface area (Å²) in [6.45, 7) is 3.86. The monoisotopic (exact) mass is 452 g/mol. The van der Waals surface area contributed by atoms with Crippen LogP contribution < -0.4 is 10.5 Å². The van der Waals surface area contributed by atoms with E-state index < -0.39 is 11.3 Å². The van der Waals surface area contributed by atoms with Gasteiger partial charge < -0.3 is 15.4 Å². The van der Waals surface area contributed by atoms with E-state index in [9.17, 15) is 9.59 Å². The van der Waals surface area contributed by atoms with Crippen molar-refractivity contribution in [2.45, 2.75) is 39.2 Å². The third-order valence-corrected chi connectivity index (χ3v) is 5.72. The Balaban J connectivity index is 1.77. The van der Waals surface area contributed by atoms with Crippen LogP contribution in [0.4, 0.5) is 0 Å². The van der Waals surface area contributed by atoms with Crippen molar-refractivity contribution in [3.05, 3.63) is 46.2 Å². The van der Waals surface area contributed by atoms with Gasteiger partial charge in [-0.05, 0) is 37.5 Å². The molecule has 2 amide bonds. The Morgan fingerprint density at radius 1 is 1.33 bits per heavy atom. The zero-order chi connectivity index (χ0) is 21.7. The molecular formula is C21H26Cl2N4O3. The van der Waals surface area contributed by atoms with Crippen LogP contribution in [0.1, 0.15) is 43.1 Å². The summed E-state index contributed by atoms with van der Waals surface area (Å²) in [5.41, 5.74) is 5.19. The number of primary amides is 1. The highest BCUT2D eigenvalue weighted by Gasteiger charge is 2.40. The van der Waals surface area contributed by atoms with Gasteiger partial charge in [-0.3, -0.25) is 14.3 Å². The standard InChI is InChI=1S/C21H26Cl2N4O3/c1-2-8-27-12-17(23)19(25-27)20(29)26-9-4-7-21(13-26,11-18(24)28)14-30-16-6-3-5-15(22)10-16/h3,5-6,10,12H,2,4,7-9,11,13-14H2,1H3,(H2,24,28). The number of nitrogens with zero attached hydrogens (tertiary/aromatic N) is 3. The second-order valence-corrected chi connectivity index (χ2v) is 8.65. The molecule has 1 fully saturated rings. The van der Waals surface area contributed by atoms with Crippen molar-refractivity contribution in [2.75, 3.05) is 19.7 Å². The van der Waals surface area contributed by atoms with Crippen LogP contribution in [0, 0.1) is 5.41 Å². The third-order valence-electron chi connectivity index (χ3n) is 5.21. The number of rotatable bonds is 8. The summed E-state index contributed by atoms with van der Waals surface area (Å²) >= 11 is 12.3. The summed E-state index contributed by atoms with van der Waals surface area (Å²) in [5.74, 6) is -0.0634. The van der Waals surface area contributed by atoms with Gasteiger partial charge in [-0.15, -0.1) is 0 Å². The van der Waals surface area contributed by atoms with Crippen LogP contribution in [-0.2, 0) is 11.3 Å². The van der Waals surface area contributed by atoms with Gasteiger partial charge in [0, 0.05) is 42.7 Å². The Kier molecular flexibility index (Phi) is 7.26. The first kappa shape index (κ1) is 22.4. The summed E-state index contributed by atoms with van der Waals surface area (Å²) < 4.78 is 7.63. The number of hydrogen-bond acceptors (Lipinski definition) is 4. The van der Waals surface area contributed by atoms with Crippen molar-refractivity contribution in [1.29, 1.82) is 0 Å². The third kappa shape index (κ3) is 5.46. The molecule has 162 valence electrons. The van der Waals surface area contributed by atoms with Crippen molar-refractivity contribution < 1.29 is 14.3 Å². The molecule has 30 heavy (non-hydrogen) atoms. The highest BCUT2D eigenvalue weighted by molar-refractivity contribution is 6.33. The maximum Gasteiger partial charge on any atom is 0.275 e. The molecular weight excluding hydrogens is 427 g/mol. The highest BCUT2D eigenvalue weighted by Crippen LogP contribution is 2.35. The number of hydrogen-bond donors (Lipinski definition) is 1. The number of nitrogens with two attached hydrogens (primary N) is 1. The van der Waals surface area contributed by atoms with E-state index in [2.05, 4.69) is 5.10 Å². The molecule has 1 aliphatic rings. The number of amides is 2. The average Bonchev–Trinajstić information content (AvgIpc) is 3.06.